The number of primary sulfonamides is 1. The molecule has 0 aromatic rings. The van der Waals surface area contributed by atoms with Crippen molar-refractivity contribution in [2.75, 3.05) is 12.4 Å². The second kappa shape index (κ2) is 5.21. The summed E-state index contributed by atoms with van der Waals surface area (Å²) in [6.07, 6.45) is 3.33. The molecule has 1 atom stereocenters. The number of halogens is 1. The lowest BCUT2D eigenvalue weighted by molar-refractivity contribution is 0.0311. The Balaban J connectivity index is 2.22. The molecule has 1 aliphatic heterocycles. The minimum Gasteiger partial charge on any atom is -0.374 e. The van der Waals surface area contributed by atoms with E-state index < -0.39 is 16.3 Å². The van der Waals surface area contributed by atoms with Gasteiger partial charge in [-0.25, -0.2) is 13.6 Å². The fourth-order valence-electron chi connectivity index (χ4n) is 2.48. The predicted molar refractivity (Wildman–Crippen MR) is 70.1 cm³/mol. The van der Waals surface area contributed by atoms with Crippen molar-refractivity contribution in [2.45, 2.75) is 31.9 Å². The molecule has 0 spiro atoms. The fraction of sp³-hybridized carbons (Fsp3) is 0.636. The van der Waals surface area contributed by atoms with Crippen molar-refractivity contribution in [1.29, 1.82) is 0 Å². The highest BCUT2D eigenvalue weighted by molar-refractivity contribution is 7.93. The van der Waals surface area contributed by atoms with Gasteiger partial charge in [0.2, 0.25) is 10.0 Å². The molecule has 2 rings (SSSR count). The largest absolute Gasteiger partial charge is 0.374 e. The third-order valence-electron chi connectivity index (χ3n) is 3.38. The first-order valence-electron chi connectivity index (χ1n) is 5.89. The van der Waals surface area contributed by atoms with E-state index in [0.717, 1.165) is 17.7 Å². The third-order valence-corrected chi connectivity index (χ3v) is 4.65. The van der Waals surface area contributed by atoms with E-state index in [9.17, 15) is 13.5 Å². The van der Waals surface area contributed by atoms with Gasteiger partial charge in [-0.1, -0.05) is 0 Å². The first-order valence-corrected chi connectivity index (χ1v) is 7.97. The van der Waals surface area contributed by atoms with Gasteiger partial charge < -0.3 is 10.0 Å². The molecule has 18 heavy (non-hydrogen) atoms. The molecule has 0 fully saturated rings. The molecule has 0 radical (unpaired) electrons. The van der Waals surface area contributed by atoms with Crippen molar-refractivity contribution in [3.05, 3.63) is 22.3 Å². The van der Waals surface area contributed by atoms with E-state index in [-0.39, 0.29) is 4.91 Å². The first kappa shape index (κ1) is 13.9. The number of aliphatic hydroxyl groups excluding tert-OH is 1. The van der Waals surface area contributed by atoms with Crippen LogP contribution in [0.25, 0.3) is 0 Å². The summed E-state index contributed by atoms with van der Waals surface area (Å²) < 4.78 is 22.6. The number of nitrogens with zero attached hydrogens (tertiary/aromatic N) is 1. The van der Waals surface area contributed by atoms with E-state index in [1.165, 1.54) is 0 Å². The predicted octanol–water partition coefficient (Wildman–Crippen LogP) is 0.860. The Kier molecular flexibility index (Phi) is 4.01. The van der Waals surface area contributed by atoms with Gasteiger partial charge >= 0.3 is 0 Å². The van der Waals surface area contributed by atoms with Gasteiger partial charge in [0.05, 0.1) is 4.91 Å². The SMILES string of the molecule is NS(=O)(=O)C1=CC2=C(CC1)N(C(O)CCCl)CC2. The van der Waals surface area contributed by atoms with E-state index in [0.29, 0.717) is 31.7 Å². The van der Waals surface area contributed by atoms with Crippen LogP contribution in [0.4, 0.5) is 0 Å². The molecule has 1 heterocycles. The van der Waals surface area contributed by atoms with Crippen LogP contribution in [0.15, 0.2) is 22.3 Å². The van der Waals surface area contributed by atoms with Crippen molar-refractivity contribution < 1.29 is 13.5 Å². The average molecular weight is 293 g/mol. The molecule has 7 heteroatoms. The Morgan fingerprint density at radius 2 is 2.17 bits per heavy atom. The molecule has 0 amide bonds. The minimum atomic E-state index is -3.59. The smallest absolute Gasteiger partial charge is 0.234 e. The maximum Gasteiger partial charge on any atom is 0.234 e. The summed E-state index contributed by atoms with van der Waals surface area (Å²) in [6, 6.07) is 0. The van der Waals surface area contributed by atoms with Crippen LogP contribution < -0.4 is 5.14 Å². The summed E-state index contributed by atoms with van der Waals surface area (Å²) in [4.78, 5) is 2.20. The molecular weight excluding hydrogens is 276 g/mol. The second-order valence-corrected chi connectivity index (χ2v) is 6.52. The maximum absolute atomic E-state index is 11.3. The molecule has 1 aliphatic carbocycles. The standard InChI is InChI=1S/C11H17ClN2O3S/c12-5-3-11(15)14-6-4-8-7-9(18(13,16)17)1-2-10(8)14/h7,11,15H,1-6H2,(H2,13,16,17). The van der Waals surface area contributed by atoms with Gasteiger partial charge in [0, 0.05) is 24.5 Å². The molecule has 3 N–H and O–H groups in total. The van der Waals surface area contributed by atoms with E-state index in [2.05, 4.69) is 0 Å². The number of hydrogen-bond donors (Lipinski definition) is 2. The Hall–Kier alpha value is -0.560. The van der Waals surface area contributed by atoms with Crippen LogP contribution in [0.3, 0.4) is 0 Å². The van der Waals surface area contributed by atoms with E-state index in [4.69, 9.17) is 16.7 Å². The third kappa shape index (κ3) is 2.71. The zero-order valence-electron chi connectivity index (χ0n) is 9.97. The first-order chi connectivity index (χ1) is 8.43. The van der Waals surface area contributed by atoms with Crippen molar-refractivity contribution in [2.24, 2.45) is 5.14 Å². The lowest BCUT2D eigenvalue weighted by atomic mass is 10.0. The molecule has 2 aliphatic rings. The van der Waals surface area contributed by atoms with Gasteiger partial charge in [0.15, 0.2) is 0 Å². The summed E-state index contributed by atoms with van der Waals surface area (Å²) in [5.74, 6) is 0.401. The average Bonchev–Trinajstić information content (AvgIpc) is 2.70. The van der Waals surface area contributed by atoms with E-state index in [1.54, 1.807) is 6.08 Å². The van der Waals surface area contributed by atoms with Crippen LogP contribution in [0.2, 0.25) is 0 Å². The van der Waals surface area contributed by atoms with E-state index in [1.807, 2.05) is 4.90 Å². The van der Waals surface area contributed by atoms with Crippen LogP contribution in [-0.4, -0.2) is 37.1 Å². The number of rotatable bonds is 4. The summed E-state index contributed by atoms with van der Waals surface area (Å²) in [7, 11) is -3.59. The number of allylic oxidation sites excluding steroid dienone is 3. The van der Waals surface area contributed by atoms with Gasteiger partial charge in [0.1, 0.15) is 6.23 Å². The number of alkyl halides is 1. The normalized spacial score (nSPS) is 21.9. The van der Waals surface area contributed by atoms with E-state index >= 15 is 0 Å². The highest BCUT2D eigenvalue weighted by Crippen LogP contribution is 2.36. The molecule has 0 bridgehead atoms. The van der Waals surface area contributed by atoms with Crippen molar-refractivity contribution >= 4 is 21.6 Å². The van der Waals surface area contributed by atoms with Gasteiger partial charge in [-0.15, -0.1) is 11.6 Å². The van der Waals surface area contributed by atoms with Gasteiger partial charge in [-0.3, -0.25) is 0 Å². The molecular formula is C11H17ClN2O3S. The summed E-state index contributed by atoms with van der Waals surface area (Å²) >= 11 is 5.62. The summed E-state index contributed by atoms with van der Waals surface area (Å²) in [5.41, 5.74) is 2.00. The zero-order chi connectivity index (χ0) is 13.3. The van der Waals surface area contributed by atoms with Gasteiger partial charge in [-0.05, 0) is 30.9 Å². The number of hydrogen-bond acceptors (Lipinski definition) is 4. The Morgan fingerprint density at radius 1 is 1.44 bits per heavy atom. The van der Waals surface area contributed by atoms with Gasteiger partial charge in [0.25, 0.3) is 0 Å². The van der Waals surface area contributed by atoms with Crippen molar-refractivity contribution in [3.8, 4) is 0 Å². The maximum atomic E-state index is 11.3. The number of nitrogens with two attached hydrogens (primary N) is 1. The fourth-order valence-corrected chi connectivity index (χ4v) is 3.37. The van der Waals surface area contributed by atoms with Crippen LogP contribution in [0.5, 0.6) is 0 Å². The monoisotopic (exact) mass is 292 g/mol. The second-order valence-electron chi connectivity index (χ2n) is 4.53. The summed E-state index contributed by atoms with van der Waals surface area (Å²) in [5, 5.41) is 15.1. The van der Waals surface area contributed by atoms with Crippen LogP contribution in [0.1, 0.15) is 25.7 Å². The highest BCUT2D eigenvalue weighted by Gasteiger charge is 2.30. The quantitative estimate of drug-likeness (QED) is 0.753. The lowest BCUT2D eigenvalue weighted by Crippen LogP contribution is -2.33. The molecule has 0 saturated heterocycles. The number of sulfonamides is 1. The van der Waals surface area contributed by atoms with Crippen LogP contribution in [0, 0.1) is 0 Å². The molecule has 102 valence electrons. The Bertz CT molecular complexity index is 498. The van der Waals surface area contributed by atoms with Crippen LogP contribution in [-0.2, 0) is 10.0 Å². The molecule has 5 nitrogen and oxygen atoms in total. The van der Waals surface area contributed by atoms with Crippen LogP contribution >= 0.6 is 11.6 Å². The Labute approximate surface area is 112 Å². The minimum absolute atomic E-state index is 0.287. The van der Waals surface area contributed by atoms with Crippen molar-refractivity contribution in [3.63, 3.8) is 0 Å². The van der Waals surface area contributed by atoms with Gasteiger partial charge in [-0.2, -0.15) is 0 Å². The topological polar surface area (TPSA) is 83.6 Å². The molecule has 0 aromatic carbocycles. The molecule has 0 saturated carbocycles. The van der Waals surface area contributed by atoms with Crippen molar-refractivity contribution in [1.82, 2.24) is 4.90 Å². The lowest BCUT2D eigenvalue weighted by Gasteiger charge is -2.29. The number of aliphatic hydroxyl groups is 1. The zero-order valence-corrected chi connectivity index (χ0v) is 11.5. The molecule has 1 unspecified atom stereocenters. The Morgan fingerprint density at radius 3 is 2.78 bits per heavy atom. The summed E-state index contributed by atoms with van der Waals surface area (Å²) in [6.45, 7) is 0.705. The highest BCUT2D eigenvalue weighted by atomic mass is 35.5. The molecule has 0 aromatic heterocycles.